The molecule has 0 aromatic heterocycles. The van der Waals surface area contributed by atoms with Crippen LogP contribution in [0.25, 0.3) is 0 Å². The average molecular weight is 182 g/mol. The van der Waals surface area contributed by atoms with Crippen LogP contribution in [0.2, 0.25) is 0 Å². The highest BCUT2D eigenvalue weighted by molar-refractivity contribution is 6.57. The normalized spacial score (nSPS) is 10.1. The number of hydrogen-bond acceptors (Lipinski definition) is 1. The second-order valence-corrected chi connectivity index (χ2v) is 2.26. The minimum atomic E-state index is 0.0243. The predicted octanol–water partition coefficient (Wildman–Crippen LogP) is 2.30. The largest absolute Gasteiger partial charge is 0.325 e. The molecule has 0 aliphatic carbocycles. The van der Waals surface area contributed by atoms with E-state index in [0.29, 0.717) is 0 Å². The molecule has 0 atom stereocenters. The molecule has 0 spiro atoms. The van der Waals surface area contributed by atoms with Gasteiger partial charge in [-0.2, -0.15) is 0 Å². The van der Waals surface area contributed by atoms with Gasteiger partial charge in [0.25, 0.3) is 0 Å². The Morgan fingerprint density at radius 3 is 2.67 bits per heavy atom. The monoisotopic (exact) mass is 181 g/mol. The third kappa shape index (κ3) is 2.72. The summed E-state index contributed by atoms with van der Waals surface area (Å²) in [5.41, 5.74) is 1.88. The Morgan fingerprint density at radius 2 is 2.08 bits per heavy atom. The van der Waals surface area contributed by atoms with Gasteiger partial charge < -0.3 is 5.32 Å². The number of rotatable bonds is 1. The molecule has 0 fully saturated rings. The summed E-state index contributed by atoms with van der Waals surface area (Å²) in [7, 11) is 0. The fourth-order valence-corrected chi connectivity index (χ4v) is 0.837. The van der Waals surface area contributed by atoms with E-state index < -0.39 is 0 Å². The van der Waals surface area contributed by atoms with Gasteiger partial charge >= 0.3 is 0 Å². The predicted molar refractivity (Wildman–Crippen MR) is 52.1 cm³/mol. The lowest BCUT2D eigenvalue weighted by atomic mass is 10.3. The van der Waals surface area contributed by atoms with E-state index in [2.05, 4.69) is 10.3 Å². The zero-order valence-electron chi connectivity index (χ0n) is 6.29. The van der Waals surface area contributed by atoms with E-state index in [0.717, 1.165) is 11.4 Å². The topological polar surface area (TPSA) is 48.2 Å². The third-order valence-corrected chi connectivity index (χ3v) is 1.31. The van der Waals surface area contributed by atoms with Crippen molar-refractivity contribution < 1.29 is 0 Å². The molecule has 4 heteroatoms. The summed E-state index contributed by atoms with van der Waals surface area (Å²) in [6.45, 7) is 0. The van der Waals surface area contributed by atoms with Crippen LogP contribution in [-0.4, -0.2) is 11.6 Å². The first kappa shape index (κ1) is 8.74. The summed E-state index contributed by atoms with van der Waals surface area (Å²) >= 11 is 5.19. The van der Waals surface area contributed by atoms with Crippen LogP contribution in [0.3, 0.4) is 0 Å². The molecule has 0 aliphatic heterocycles. The second kappa shape index (κ2) is 4.51. The lowest BCUT2D eigenvalue weighted by Gasteiger charge is -2.01. The summed E-state index contributed by atoms with van der Waals surface area (Å²) in [5.74, 6) is 0.0243. The van der Waals surface area contributed by atoms with Gasteiger partial charge in [-0.15, -0.1) is 0 Å². The van der Waals surface area contributed by atoms with Crippen LogP contribution < -0.4 is 5.32 Å². The molecule has 1 aromatic carbocycles. The van der Waals surface area contributed by atoms with Crippen molar-refractivity contribution in [2.24, 2.45) is 4.99 Å². The van der Waals surface area contributed by atoms with Crippen molar-refractivity contribution in [1.82, 2.24) is 0 Å². The first-order valence-electron chi connectivity index (χ1n) is 3.36. The number of guanidine groups is 1. The highest BCUT2D eigenvalue weighted by Gasteiger charge is 1.91. The van der Waals surface area contributed by atoms with Crippen LogP contribution in [0.15, 0.2) is 35.3 Å². The maximum absolute atomic E-state index is 7.23. The van der Waals surface area contributed by atoms with Crippen molar-refractivity contribution >= 4 is 28.9 Å². The van der Waals surface area contributed by atoms with Crippen LogP contribution >= 0.6 is 11.6 Å². The number of hydrogen-bond donors (Lipinski definition) is 2. The van der Waals surface area contributed by atoms with Crippen LogP contribution in [0.4, 0.5) is 5.69 Å². The van der Waals surface area contributed by atoms with E-state index in [4.69, 9.17) is 17.0 Å². The van der Waals surface area contributed by atoms with E-state index in [-0.39, 0.29) is 5.96 Å². The number of halogens is 1. The van der Waals surface area contributed by atoms with Gasteiger partial charge in [-0.05, 0) is 12.1 Å². The van der Waals surface area contributed by atoms with E-state index in [9.17, 15) is 0 Å². The van der Waals surface area contributed by atoms with Crippen molar-refractivity contribution in [3.63, 3.8) is 0 Å². The molecule has 0 radical (unpaired) electrons. The molecular formula is C8H8ClN3. The number of para-hydroxylation sites is 1. The molecule has 2 N–H and O–H groups in total. The zero-order chi connectivity index (χ0) is 8.81. The first-order valence-corrected chi connectivity index (χ1v) is 3.80. The molecule has 12 heavy (non-hydrogen) atoms. The highest BCUT2D eigenvalue weighted by atomic mass is 35.5. The van der Waals surface area contributed by atoms with Crippen molar-refractivity contribution in [2.45, 2.75) is 0 Å². The van der Waals surface area contributed by atoms with Crippen LogP contribution in [0.1, 0.15) is 0 Å². The van der Waals surface area contributed by atoms with Crippen LogP contribution in [-0.2, 0) is 0 Å². The SMILES string of the molecule is N=C(/N=C/Cl)Nc1ccccc1. The van der Waals surface area contributed by atoms with Gasteiger partial charge in [-0.1, -0.05) is 29.8 Å². The van der Waals surface area contributed by atoms with Gasteiger partial charge in [-0.3, -0.25) is 5.41 Å². The van der Waals surface area contributed by atoms with Gasteiger partial charge in [-0.25, -0.2) is 4.99 Å². The number of nitrogens with one attached hydrogen (secondary N) is 2. The van der Waals surface area contributed by atoms with Crippen LogP contribution in [0.5, 0.6) is 0 Å². The van der Waals surface area contributed by atoms with Gasteiger partial charge in [0.1, 0.15) is 0 Å². The molecule has 1 aromatic rings. The third-order valence-electron chi connectivity index (χ3n) is 1.21. The fourth-order valence-electron chi connectivity index (χ4n) is 0.739. The molecule has 0 unspecified atom stereocenters. The fraction of sp³-hybridized carbons (Fsp3) is 0. The Bertz CT molecular complexity index is 282. The lowest BCUT2D eigenvalue weighted by molar-refractivity contribution is 1.41. The molecule has 0 bridgehead atoms. The summed E-state index contributed by atoms with van der Waals surface area (Å²) in [6.07, 6.45) is 0. The average Bonchev–Trinajstić information content (AvgIpc) is 2.06. The summed E-state index contributed by atoms with van der Waals surface area (Å²) in [4.78, 5) is 3.53. The first-order chi connectivity index (χ1) is 5.83. The molecule has 0 amide bonds. The van der Waals surface area contributed by atoms with E-state index in [1.165, 1.54) is 0 Å². The van der Waals surface area contributed by atoms with E-state index >= 15 is 0 Å². The Kier molecular flexibility index (Phi) is 3.29. The smallest absolute Gasteiger partial charge is 0.220 e. The molecule has 62 valence electrons. The minimum Gasteiger partial charge on any atom is -0.325 e. The zero-order valence-corrected chi connectivity index (χ0v) is 7.05. The molecule has 3 nitrogen and oxygen atoms in total. The molecular weight excluding hydrogens is 174 g/mol. The number of benzene rings is 1. The van der Waals surface area contributed by atoms with Crippen molar-refractivity contribution in [1.29, 1.82) is 5.41 Å². The lowest BCUT2D eigenvalue weighted by Crippen LogP contribution is -2.06. The number of anilines is 1. The summed E-state index contributed by atoms with van der Waals surface area (Å²) in [5, 5.41) is 9.98. The summed E-state index contributed by atoms with van der Waals surface area (Å²) in [6, 6.07) is 9.34. The van der Waals surface area contributed by atoms with Crippen molar-refractivity contribution in [2.75, 3.05) is 5.32 Å². The molecule has 0 saturated carbocycles. The standard InChI is InChI=1S/C8H8ClN3/c9-6-11-8(10)12-7-4-2-1-3-5-7/h1-6H,(H2,10,12)/b11-6+. The van der Waals surface area contributed by atoms with Crippen molar-refractivity contribution in [3.05, 3.63) is 30.3 Å². The quantitative estimate of drug-likeness (QED) is 0.507. The van der Waals surface area contributed by atoms with Gasteiger partial charge in [0, 0.05) is 5.69 Å². The Hall–Kier alpha value is -1.35. The molecule has 0 aliphatic rings. The minimum absolute atomic E-state index is 0.0243. The number of nitrogens with zero attached hydrogens (tertiary/aromatic N) is 1. The maximum Gasteiger partial charge on any atom is 0.220 e. The van der Waals surface area contributed by atoms with Crippen LogP contribution in [0, 0.1) is 5.41 Å². The molecule has 0 heterocycles. The molecule has 1 rings (SSSR count). The maximum atomic E-state index is 7.23. The Balaban J connectivity index is 2.59. The highest BCUT2D eigenvalue weighted by Crippen LogP contribution is 2.04. The van der Waals surface area contributed by atoms with Crippen molar-refractivity contribution in [3.8, 4) is 0 Å². The second-order valence-electron chi connectivity index (χ2n) is 2.07. The Labute approximate surface area is 75.6 Å². The summed E-state index contributed by atoms with van der Waals surface area (Å²) < 4.78 is 0. The van der Waals surface area contributed by atoms with Gasteiger partial charge in [0.2, 0.25) is 5.96 Å². The van der Waals surface area contributed by atoms with E-state index in [1.807, 2.05) is 30.3 Å². The van der Waals surface area contributed by atoms with Gasteiger partial charge in [0.15, 0.2) is 0 Å². The van der Waals surface area contributed by atoms with Gasteiger partial charge in [0.05, 0.1) is 5.67 Å². The van der Waals surface area contributed by atoms with E-state index in [1.54, 1.807) is 0 Å². The Morgan fingerprint density at radius 1 is 1.42 bits per heavy atom. The molecule has 0 saturated heterocycles. The number of aliphatic imine (C=N–C) groups is 1.